The van der Waals surface area contributed by atoms with Crippen LogP contribution < -0.4 is 14.8 Å². The summed E-state index contributed by atoms with van der Waals surface area (Å²) in [5.74, 6) is 0.945. The first-order valence-corrected chi connectivity index (χ1v) is 12.1. The molecule has 0 bridgehead atoms. The third-order valence-corrected chi connectivity index (χ3v) is 6.21. The van der Waals surface area contributed by atoms with Gasteiger partial charge in [0, 0.05) is 57.3 Å². The van der Waals surface area contributed by atoms with Gasteiger partial charge in [0.2, 0.25) is 5.91 Å². The summed E-state index contributed by atoms with van der Waals surface area (Å²) in [6.45, 7) is 9.98. The minimum Gasteiger partial charge on any atom is -0.497 e. The van der Waals surface area contributed by atoms with Gasteiger partial charge in [0.05, 0.1) is 19.9 Å². The van der Waals surface area contributed by atoms with Gasteiger partial charge in [0.1, 0.15) is 17.3 Å². The van der Waals surface area contributed by atoms with E-state index in [0.29, 0.717) is 63.0 Å². The Morgan fingerprint density at radius 3 is 2.25 bits per heavy atom. The van der Waals surface area contributed by atoms with Crippen molar-refractivity contribution in [1.29, 1.82) is 0 Å². The number of amides is 3. The maximum absolute atomic E-state index is 13.3. The molecule has 1 fully saturated rings. The van der Waals surface area contributed by atoms with Gasteiger partial charge < -0.3 is 24.6 Å². The van der Waals surface area contributed by atoms with E-state index in [9.17, 15) is 14.0 Å². The largest absolute Gasteiger partial charge is 0.497 e. The van der Waals surface area contributed by atoms with Crippen LogP contribution >= 0.6 is 0 Å². The molecule has 0 aliphatic carbocycles. The summed E-state index contributed by atoms with van der Waals surface area (Å²) in [6, 6.07) is 11.3. The number of halogens is 1. The number of urea groups is 1. The van der Waals surface area contributed by atoms with Crippen molar-refractivity contribution in [3.63, 3.8) is 0 Å². The first kappa shape index (κ1) is 27.3. The summed E-state index contributed by atoms with van der Waals surface area (Å²) in [7, 11) is 3.13. The molecular formula is C27H37FN4O4. The molecule has 0 spiro atoms. The number of piperazine rings is 1. The van der Waals surface area contributed by atoms with E-state index >= 15 is 0 Å². The molecule has 1 aliphatic rings. The van der Waals surface area contributed by atoms with Crippen molar-refractivity contribution in [3.05, 3.63) is 53.8 Å². The van der Waals surface area contributed by atoms with E-state index in [1.54, 1.807) is 49.5 Å². The third kappa shape index (κ3) is 7.34. The number of carbonyl (C=O) groups excluding carboxylic acids is 2. The molecule has 36 heavy (non-hydrogen) atoms. The lowest BCUT2D eigenvalue weighted by atomic mass is 9.94. The Kier molecular flexibility index (Phi) is 9.14. The van der Waals surface area contributed by atoms with Crippen molar-refractivity contribution in [2.45, 2.75) is 27.3 Å². The molecule has 3 rings (SSSR count). The van der Waals surface area contributed by atoms with Crippen molar-refractivity contribution in [3.8, 4) is 11.5 Å². The number of hydrogen-bond donors (Lipinski definition) is 1. The fraction of sp³-hybridized carbons (Fsp3) is 0.481. The number of benzene rings is 2. The highest BCUT2D eigenvalue weighted by Crippen LogP contribution is 2.29. The minimum atomic E-state index is -0.515. The van der Waals surface area contributed by atoms with Crippen LogP contribution in [0.5, 0.6) is 11.5 Å². The summed E-state index contributed by atoms with van der Waals surface area (Å²) in [4.78, 5) is 31.8. The number of carbonyl (C=O) groups is 2. The Labute approximate surface area is 213 Å². The number of ether oxygens (including phenoxy) is 2. The Bertz CT molecular complexity index is 1030. The fourth-order valence-electron chi connectivity index (χ4n) is 4.07. The van der Waals surface area contributed by atoms with Crippen molar-refractivity contribution in [2.24, 2.45) is 5.41 Å². The van der Waals surface area contributed by atoms with Crippen molar-refractivity contribution in [2.75, 3.05) is 58.8 Å². The molecule has 2 aromatic carbocycles. The van der Waals surface area contributed by atoms with E-state index in [2.05, 4.69) is 10.2 Å². The van der Waals surface area contributed by atoms with Crippen LogP contribution in [0.15, 0.2) is 42.5 Å². The van der Waals surface area contributed by atoms with Crippen LogP contribution in [0.1, 0.15) is 26.3 Å². The van der Waals surface area contributed by atoms with E-state index in [1.807, 2.05) is 25.7 Å². The van der Waals surface area contributed by atoms with Gasteiger partial charge in [-0.05, 0) is 29.8 Å². The molecule has 1 aliphatic heterocycles. The molecule has 0 aromatic heterocycles. The predicted molar refractivity (Wildman–Crippen MR) is 138 cm³/mol. The standard InChI is InChI=1S/C27H37FN4O4/c1-27(2,3)25(33)32(19-20-6-8-21(28)9-7-20)17-14-30-12-15-31(16-13-30)26(34)29-23-11-10-22(35-4)18-24(23)36-5/h6-11,18H,12-17,19H2,1-5H3,(H,29,34). The molecule has 0 unspecified atom stereocenters. The topological polar surface area (TPSA) is 74.4 Å². The SMILES string of the molecule is COc1ccc(NC(=O)N2CCN(CCN(Cc3ccc(F)cc3)C(=O)C(C)(C)C)CC2)c(OC)c1. The zero-order chi connectivity index (χ0) is 26.3. The summed E-state index contributed by atoms with van der Waals surface area (Å²) in [5.41, 5.74) is 0.964. The summed E-state index contributed by atoms with van der Waals surface area (Å²) >= 11 is 0. The lowest BCUT2D eigenvalue weighted by Crippen LogP contribution is -2.52. The van der Waals surface area contributed by atoms with Crippen LogP contribution in [0.2, 0.25) is 0 Å². The highest BCUT2D eigenvalue weighted by atomic mass is 19.1. The van der Waals surface area contributed by atoms with E-state index < -0.39 is 5.41 Å². The zero-order valence-electron chi connectivity index (χ0n) is 21.8. The molecule has 1 N–H and O–H groups in total. The molecule has 1 saturated heterocycles. The minimum absolute atomic E-state index is 0.0540. The monoisotopic (exact) mass is 500 g/mol. The van der Waals surface area contributed by atoms with Gasteiger partial charge in [-0.2, -0.15) is 0 Å². The van der Waals surface area contributed by atoms with Gasteiger partial charge in [0.15, 0.2) is 0 Å². The second-order valence-corrected chi connectivity index (χ2v) is 9.93. The van der Waals surface area contributed by atoms with Crippen molar-refractivity contribution < 1.29 is 23.5 Å². The second kappa shape index (κ2) is 12.1. The quantitative estimate of drug-likeness (QED) is 0.592. The highest BCUT2D eigenvalue weighted by Gasteiger charge is 2.28. The molecule has 1 heterocycles. The molecular weight excluding hydrogens is 463 g/mol. The van der Waals surface area contributed by atoms with Gasteiger partial charge in [-0.25, -0.2) is 9.18 Å². The Hall–Kier alpha value is -3.33. The maximum atomic E-state index is 13.3. The predicted octanol–water partition coefficient (Wildman–Crippen LogP) is 4.07. The van der Waals surface area contributed by atoms with Crippen molar-refractivity contribution in [1.82, 2.24) is 14.7 Å². The van der Waals surface area contributed by atoms with Crippen LogP contribution in [-0.4, -0.2) is 80.1 Å². The number of nitrogens with one attached hydrogen (secondary N) is 1. The number of rotatable bonds is 8. The first-order chi connectivity index (χ1) is 17.1. The Balaban J connectivity index is 1.54. The zero-order valence-corrected chi connectivity index (χ0v) is 21.8. The molecule has 9 heteroatoms. The van der Waals surface area contributed by atoms with Crippen LogP contribution in [0, 0.1) is 11.2 Å². The van der Waals surface area contributed by atoms with E-state index in [1.165, 1.54) is 12.1 Å². The summed E-state index contributed by atoms with van der Waals surface area (Å²) in [6.07, 6.45) is 0. The Morgan fingerprint density at radius 1 is 1.00 bits per heavy atom. The number of hydrogen-bond acceptors (Lipinski definition) is 5. The molecule has 0 atom stereocenters. The maximum Gasteiger partial charge on any atom is 0.322 e. The average molecular weight is 501 g/mol. The van der Waals surface area contributed by atoms with Crippen LogP contribution in [0.4, 0.5) is 14.9 Å². The van der Waals surface area contributed by atoms with E-state index in [0.717, 1.165) is 5.56 Å². The molecule has 196 valence electrons. The molecule has 0 saturated carbocycles. The van der Waals surface area contributed by atoms with Gasteiger partial charge >= 0.3 is 6.03 Å². The van der Waals surface area contributed by atoms with Gasteiger partial charge in [0.25, 0.3) is 0 Å². The normalized spacial score (nSPS) is 14.3. The second-order valence-electron chi connectivity index (χ2n) is 9.93. The smallest absolute Gasteiger partial charge is 0.322 e. The highest BCUT2D eigenvalue weighted by molar-refractivity contribution is 5.91. The lowest BCUT2D eigenvalue weighted by Gasteiger charge is -2.37. The lowest BCUT2D eigenvalue weighted by molar-refractivity contribution is -0.140. The summed E-state index contributed by atoms with van der Waals surface area (Å²) in [5, 5.41) is 2.92. The van der Waals surface area contributed by atoms with Crippen LogP contribution in [0.25, 0.3) is 0 Å². The third-order valence-electron chi connectivity index (χ3n) is 6.21. The van der Waals surface area contributed by atoms with Gasteiger partial charge in [-0.3, -0.25) is 9.69 Å². The molecule has 0 radical (unpaired) electrons. The average Bonchev–Trinajstić information content (AvgIpc) is 2.87. The fourth-order valence-corrected chi connectivity index (χ4v) is 4.07. The summed E-state index contributed by atoms with van der Waals surface area (Å²) < 4.78 is 23.9. The number of anilines is 1. The number of nitrogens with zero attached hydrogens (tertiary/aromatic N) is 3. The molecule has 3 amide bonds. The van der Waals surface area contributed by atoms with Gasteiger partial charge in [-0.15, -0.1) is 0 Å². The van der Waals surface area contributed by atoms with Crippen LogP contribution in [-0.2, 0) is 11.3 Å². The van der Waals surface area contributed by atoms with Crippen LogP contribution in [0.3, 0.4) is 0 Å². The number of methoxy groups -OCH3 is 2. The molecule has 8 nitrogen and oxygen atoms in total. The first-order valence-electron chi connectivity index (χ1n) is 12.1. The molecule has 2 aromatic rings. The van der Waals surface area contributed by atoms with E-state index in [-0.39, 0.29) is 17.8 Å². The van der Waals surface area contributed by atoms with E-state index in [4.69, 9.17) is 9.47 Å². The van der Waals surface area contributed by atoms with Crippen molar-refractivity contribution >= 4 is 17.6 Å². The van der Waals surface area contributed by atoms with Gasteiger partial charge in [-0.1, -0.05) is 32.9 Å². The Morgan fingerprint density at radius 2 is 1.67 bits per heavy atom.